The lowest BCUT2D eigenvalue weighted by Crippen LogP contribution is -2.17. The molecule has 0 aliphatic carbocycles. The van der Waals surface area contributed by atoms with E-state index in [0.717, 1.165) is 0 Å². The first-order valence-electron chi connectivity index (χ1n) is 4.35. The van der Waals surface area contributed by atoms with Gasteiger partial charge in [0.1, 0.15) is 5.52 Å². The summed E-state index contributed by atoms with van der Waals surface area (Å²) in [6.07, 6.45) is -3.29. The van der Waals surface area contributed by atoms with Gasteiger partial charge < -0.3 is 9.88 Å². The van der Waals surface area contributed by atoms with Gasteiger partial charge in [-0.3, -0.25) is 0 Å². The molecule has 0 unspecified atom stereocenters. The van der Waals surface area contributed by atoms with Crippen LogP contribution in [0.25, 0.3) is 11.2 Å². The number of rotatable bonds is 1. The van der Waals surface area contributed by atoms with Gasteiger partial charge in [0.05, 0.1) is 6.33 Å². The Kier molecular flexibility index (Phi) is 2.21. The molecule has 2 aromatic heterocycles. The van der Waals surface area contributed by atoms with Crippen molar-refractivity contribution in [2.24, 2.45) is 0 Å². The number of alkyl halides is 3. The van der Waals surface area contributed by atoms with Crippen molar-refractivity contribution in [2.75, 3.05) is 19.0 Å². The van der Waals surface area contributed by atoms with Gasteiger partial charge in [-0.05, 0) is 0 Å². The lowest BCUT2D eigenvalue weighted by Gasteiger charge is -2.13. The second kappa shape index (κ2) is 3.32. The fraction of sp³-hybridized carbons (Fsp3) is 0.375. The fourth-order valence-corrected chi connectivity index (χ4v) is 1.27. The van der Waals surface area contributed by atoms with Gasteiger partial charge in [0.25, 0.3) is 0 Å². The second-order valence-corrected chi connectivity index (χ2v) is 3.36. The number of nitrogens with zero attached hydrogens (tertiary/aromatic N) is 4. The molecule has 2 aromatic rings. The minimum atomic E-state index is -4.57. The van der Waals surface area contributed by atoms with Crippen LogP contribution in [0.3, 0.4) is 0 Å². The summed E-state index contributed by atoms with van der Waals surface area (Å²) in [5, 5.41) is 0. The molecule has 2 heterocycles. The van der Waals surface area contributed by atoms with Gasteiger partial charge in [0.15, 0.2) is 11.5 Å². The Bertz CT molecular complexity index is 516. The van der Waals surface area contributed by atoms with E-state index in [2.05, 4.69) is 19.9 Å². The summed E-state index contributed by atoms with van der Waals surface area (Å²) in [4.78, 5) is 14.7. The highest BCUT2D eigenvalue weighted by molar-refractivity contribution is 5.82. The minimum Gasteiger partial charge on any atom is -0.361 e. The molecule has 0 aliphatic rings. The SMILES string of the molecule is CN(C)c1nc(C(F)(F)F)nc2nc[nH]c12. The van der Waals surface area contributed by atoms with Gasteiger partial charge in [0, 0.05) is 14.1 Å². The number of aromatic amines is 1. The Labute approximate surface area is 88.3 Å². The number of nitrogens with one attached hydrogen (secondary N) is 1. The number of fused-ring (bicyclic) bond motifs is 1. The summed E-state index contributed by atoms with van der Waals surface area (Å²) in [7, 11) is 3.20. The van der Waals surface area contributed by atoms with E-state index in [1.807, 2.05) is 0 Å². The van der Waals surface area contributed by atoms with Crippen LogP contribution in [0.2, 0.25) is 0 Å². The first kappa shape index (κ1) is 10.7. The molecule has 0 radical (unpaired) electrons. The van der Waals surface area contributed by atoms with Crippen LogP contribution in [0.5, 0.6) is 0 Å². The molecule has 0 aromatic carbocycles. The number of halogens is 3. The number of hydrogen-bond acceptors (Lipinski definition) is 4. The van der Waals surface area contributed by atoms with Gasteiger partial charge >= 0.3 is 6.18 Å². The molecule has 0 saturated carbocycles. The molecule has 16 heavy (non-hydrogen) atoms. The van der Waals surface area contributed by atoms with Crippen molar-refractivity contribution in [1.82, 2.24) is 19.9 Å². The number of hydrogen-bond donors (Lipinski definition) is 1. The Morgan fingerprint density at radius 3 is 2.50 bits per heavy atom. The molecule has 0 bridgehead atoms. The quantitative estimate of drug-likeness (QED) is 0.806. The van der Waals surface area contributed by atoms with Gasteiger partial charge in [-0.2, -0.15) is 13.2 Å². The number of imidazole rings is 1. The molecule has 5 nitrogen and oxygen atoms in total. The number of aromatic nitrogens is 4. The van der Waals surface area contributed by atoms with Crippen LogP contribution in [-0.2, 0) is 6.18 Å². The third-order valence-electron chi connectivity index (χ3n) is 1.94. The highest BCUT2D eigenvalue weighted by Crippen LogP contribution is 2.29. The third-order valence-corrected chi connectivity index (χ3v) is 1.94. The lowest BCUT2D eigenvalue weighted by molar-refractivity contribution is -0.144. The molecular weight excluding hydrogens is 223 g/mol. The molecule has 0 atom stereocenters. The zero-order chi connectivity index (χ0) is 11.9. The van der Waals surface area contributed by atoms with E-state index in [4.69, 9.17) is 0 Å². The average molecular weight is 231 g/mol. The Morgan fingerprint density at radius 1 is 1.25 bits per heavy atom. The van der Waals surface area contributed by atoms with E-state index in [9.17, 15) is 13.2 Å². The monoisotopic (exact) mass is 231 g/mol. The Balaban J connectivity index is 2.71. The first-order chi connectivity index (χ1) is 7.39. The van der Waals surface area contributed by atoms with Crippen molar-refractivity contribution in [2.45, 2.75) is 6.18 Å². The maximum Gasteiger partial charge on any atom is 0.451 e. The van der Waals surface area contributed by atoms with E-state index < -0.39 is 12.0 Å². The van der Waals surface area contributed by atoms with E-state index in [1.54, 1.807) is 14.1 Å². The van der Waals surface area contributed by atoms with Crippen molar-refractivity contribution >= 4 is 17.0 Å². The summed E-state index contributed by atoms with van der Waals surface area (Å²) < 4.78 is 37.5. The fourth-order valence-electron chi connectivity index (χ4n) is 1.27. The summed E-state index contributed by atoms with van der Waals surface area (Å²) >= 11 is 0. The van der Waals surface area contributed by atoms with Crippen LogP contribution in [-0.4, -0.2) is 34.0 Å². The molecule has 2 rings (SSSR count). The summed E-state index contributed by atoms with van der Waals surface area (Å²) in [5.41, 5.74) is 0.393. The van der Waals surface area contributed by atoms with Crippen molar-refractivity contribution in [3.63, 3.8) is 0 Å². The largest absolute Gasteiger partial charge is 0.451 e. The summed E-state index contributed by atoms with van der Waals surface area (Å²) in [5.74, 6) is -1.02. The molecule has 0 saturated heterocycles. The maximum atomic E-state index is 12.5. The highest BCUT2D eigenvalue weighted by atomic mass is 19.4. The van der Waals surface area contributed by atoms with Crippen LogP contribution in [0.15, 0.2) is 6.33 Å². The summed E-state index contributed by atoms with van der Waals surface area (Å²) in [6.45, 7) is 0. The van der Waals surface area contributed by atoms with Crippen molar-refractivity contribution in [3.8, 4) is 0 Å². The maximum absolute atomic E-state index is 12.5. The van der Waals surface area contributed by atoms with Gasteiger partial charge in [0.2, 0.25) is 5.82 Å². The molecule has 86 valence electrons. The molecule has 0 fully saturated rings. The van der Waals surface area contributed by atoms with Gasteiger partial charge in [-0.25, -0.2) is 15.0 Å². The molecular formula is C8H8F3N5. The van der Waals surface area contributed by atoms with Crippen molar-refractivity contribution in [3.05, 3.63) is 12.2 Å². The van der Waals surface area contributed by atoms with Crippen LogP contribution < -0.4 is 4.90 Å². The zero-order valence-electron chi connectivity index (χ0n) is 8.50. The van der Waals surface area contributed by atoms with Gasteiger partial charge in [-0.15, -0.1) is 0 Å². The smallest absolute Gasteiger partial charge is 0.361 e. The van der Waals surface area contributed by atoms with E-state index in [-0.39, 0.29) is 11.5 Å². The zero-order valence-corrected chi connectivity index (χ0v) is 8.50. The molecule has 0 spiro atoms. The average Bonchev–Trinajstić information content (AvgIpc) is 2.61. The molecule has 0 amide bonds. The van der Waals surface area contributed by atoms with E-state index in [1.165, 1.54) is 11.2 Å². The topological polar surface area (TPSA) is 57.7 Å². The first-order valence-corrected chi connectivity index (χ1v) is 4.35. The van der Waals surface area contributed by atoms with Gasteiger partial charge in [-0.1, -0.05) is 0 Å². The molecule has 8 heteroatoms. The highest BCUT2D eigenvalue weighted by Gasteiger charge is 2.36. The molecule has 0 aliphatic heterocycles. The lowest BCUT2D eigenvalue weighted by atomic mass is 10.4. The predicted octanol–water partition coefficient (Wildman–Crippen LogP) is 1.44. The predicted molar refractivity (Wildman–Crippen MR) is 51.0 cm³/mol. The normalized spacial score (nSPS) is 12.1. The van der Waals surface area contributed by atoms with E-state index in [0.29, 0.717) is 5.52 Å². The van der Waals surface area contributed by atoms with Crippen LogP contribution in [0.1, 0.15) is 5.82 Å². The number of H-pyrrole nitrogens is 1. The van der Waals surface area contributed by atoms with Crippen molar-refractivity contribution < 1.29 is 13.2 Å². The van der Waals surface area contributed by atoms with Crippen LogP contribution in [0, 0.1) is 0 Å². The standard InChI is InChI=1S/C8H8F3N5/c1-16(2)6-4-5(13-3-12-4)14-7(15-6)8(9,10)11/h3H,1-2H3,(H,12,13,14,15). The Hall–Kier alpha value is -1.86. The van der Waals surface area contributed by atoms with E-state index >= 15 is 0 Å². The number of anilines is 1. The van der Waals surface area contributed by atoms with Crippen LogP contribution >= 0.6 is 0 Å². The minimum absolute atomic E-state index is 0.00558. The summed E-state index contributed by atoms with van der Waals surface area (Å²) in [6, 6.07) is 0. The second-order valence-electron chi connectivity index (χ2n) is 3.36. The third kappa shape index (κ3) is 1.66. The van der Waals surface area contributed by atoms with Crippen LogP contribution in [0.4, 0.5) is 19.0 Å². The Morgan fingerprint density at radius 2 is 1.94 bits per heavy atom. The van der Waals surface area contributed by atoms with Crippen molar-refractivity contribution in [1.29, 1.82) is 0 Å². The molecule has 1 N–H and O–H groups in total.